The molecule has 0 aromatic heterocycles. The summed E-state index contributed by atoms with van der Waals surface area (Å²) in [5, 5.41) is 0. The minimum atomic E-state index is -5.40. The van der Waals surface area contributed by atoms with Crippen LogP contribution >= 0.6 is 0 Å². The van der Waals surface area contributed by atoms with E-state index in [0.29, 0.717) is 0 Å². The van der Waals surface area contributed by atoms with Gasteiger partial charge in [-0.1, -0.05) is 0 Å². The van der Waals surface area contributed by atoms with Crippen molar-refractivity contribution in [2.45, 2.75) is 18.8 Å². The molecule has 0 rings (SSSR count). The summed E-state index contributed by atoms with van der Waals surface area (Å²) in [6.45, 7) is 0. The van der Waals surface area contributed by atoms with Crippen LogP contribution in [0.4, 0.5) is 26.3 Å². The topological polar surface area (TPSA) is 34.1 Å². The number of carbonyl (C=O) groups excluding carboxylic acids is 2. The first-order valence-electron chi connectivity index (χ1n) is 2.75. The third kappa shape index (κ3) is 5.82. The van der Waals surface area contributed by atoms with Crippen LogP contribution in [0.25, 0.3) is 0 Å². The van der Waals surface area contributed by atoms with Crippen LogP contribution in [-0.2, 0) is 9.59 Å². The van der Waals surface area contributed by atoms with Gasteiger partial charge in [0.15, 0.2) is 0 Å². The molecule has 0 aliphatic carbocycles. The third-order valence-electron chi connectivity index (χ3n) is 0.953. The minimum Gasteiger partial charge on any atom is -0.289 e. The molecule has 9 heteroatoms. The molecule has 0 N–H and O–H groups in total. The number of Topliss-reactive ketones (excluding diaryl/α,β-unsaturated/α-hetero) is 2. The second-order valence-electron chi connectivity index (χ2n) is 2.02. The Hall–Kier alpha value is 0.180. The molecule has 0 aromatic carbocycles. The number of halogens is 6. The third-order valence-corrected chi connectivity index (χ3v) is 0.953. The van der Waals surface area contributed by atoms with Crippen molar-refractivity contribution in [1.82, 2.24) is 0 Å². The van der Waals surface area contributed by atoms with Crippen molar-refractivity contribution in [2.24, 2.45) is 0 Å². The summed E-state index contributed by atoms with van der Waals surface area (Å²) in [5.74, 6) is -5.40. The predicted molar refractivity (Wildman–Crippen MR) is 32.5 cm³/mol. The van der Waals surface area contributed by atoms with Crippen molar-refractivity contribution in [2.75, 3.05) is 0 Å². The zero-order valence-electron chi connectivity index (χ0n) is 6.50. The molecule has 2 radical (unpaired) electrons. The van der Waals surface area contributed by atoms with Gasteiger partial charge in [-0.25, -0.2) is 0 Å². The van der Waals surface area contributed by atoms with Crippen LogP contribution < -0.4 is 0 Å². The van der Waals surface area contributed by atoms with E-state index in [9.17, 15) is 35.9 Å². The van der Waals surface area contributed by atoms with Gasteiger partial charge in [0.05, 0.1) is 6.42 Å². The molecular weight excluding hydrogens is 246 g/mol. The van der Waals surface area contributed by atoms with E-state index in [1.54, 1.807) is 0 Å². The van der Waals surface area contributed by atoms with Gasteiger partial charge in [0.1, 0.15) is 0 Å². The van der Waals surface area contributed by atoms with E-state index in [4.69, 9.17) is 0 Å². The van der Waals surface area contributed by atoms with Crippen molar-refractivity contribution in [1.29, 1.82) is 0 Å². The molecule has 0 aliphatic heterocycles. The largest absolute Gasteiger partial charge is 0.450 e. The van der Waals surface area contributed by atoms with Crippen LogP contribution in [0, 0.1) is 0 Å². The van der Waals surface area contributed by atoms with Gasteiger partial charge in [0.2, 0.25) is 11.6 Å². The van der Waals surface area contributed by atoms with Gasteiger partial charge in [-0.3, -0.25) is 9.59 Å². The molecule has 0 unspecified atom stereocenters. The Morgan fingerprint density at radius 1 is 0.786 bits per heavy atom. The Bertz CT molecular complexity index is 205. The van der Waals surface area contributed by atoms with Crippen LogP contribution in [0.5, 0.6) is 0 Å². The molecule has 0 heterocycles. The fourth-order valence-electron chi connectivity index (χ4n) is 0.346. The van der Waals surface area contributed by atoms with Gasteiger partial charge in [-0.05, 0) is 0 Å². The van der Waals surface area contributed by atoms with Crippen LogP contribution in [0.1, 0.15) is 6.42 Å². The Labute approximate surface area is 104 Å². The summed E-state index contributed by atoms with van der Waals surface area (Å²) in [6, 6.07) is 0. The number of rotatable bonds is 2. The van der Waals surface area contributed by atoms with E-state index in [0.717, 1.165) is 0 Å². The molecule has 0 amide bonds. The average Bonchev–Trinajstić information content (AvgIpc) is 1.82. The van der Waals surface area contributed by atoms with Gasteiger partial charge in [0, 0.05) is 37.7 Å². The van der Waals surface area contributed by atoms with Crippen molar-refractivity contribution in [3.63, 3.8) is 0 Å². The van der Waals surface area contributed by atoms with Gasteiger partial charge in [-0.2, -0.15) is 26.3 Å². The van der Waals surface area contributed by atoms with Gasteiger partial charge >= 0.3 is 12.4 Å². The monoisotopic (exact) mass is 248 g/mol. The van der Waals surface area contributed by atoms with Crippen LogP contribution in [0.3, 0.4) is 0 Å². The van der Waals surface area contributed by atoms with Crippen molar-refractivity contribution in [3.8, 4) is 0 Å². The summed E-state index contributed by atoms with van der Waals surface area (Å²) in [5.41, 5.74) is 0. The minimum absolute atomic E-state index is 0. The van der Waals surface area contributed by atoms with Crippen LogP contribution in [-0.4, -0.2) is 61.7 Å². The zero-order valence-corrected chi connectivity index (χ0v) is 8.71. The van der Waals surface area contributed by atoms with E-state index in [2.05, 4.69) is 0 Å². The fourth-order valence-corrected chi connectivity index (χ4v) is 0.346. The maximum Gasteiger partial charge on any atom is 0.450 e. The molecule has 0 atom stereocenters. The molecular formula is C5H2CaF6O2. The molecule has 0 saturated heterocycles. The first-order valence-corrected chi connectivity index (χ1v) is 2.75. The van der Waals surface area contributed by atoms with Crippen molar-refractivity contribution < 1.29 is 35.9 Å². The fraction of sp³-hybridized carbons (Fsp3) is 0.600. The Morgan fingerprint density at radius 3 is 1.14 bits per heavy atom. The van der Waals surface area contributed by atoms with Crippen molar-refractivity contribution in [3.05, 3.63) is 0 Å². The predicted octanol–water partition coefficient (Wildman–Crippen LogP) is 1.26. The van der Waals surface area contributed by atoms with E-state index in [-0.39, 0.29) is 37.7 Å². The molecule has 2 nitrogen and oxygen atoms in total. The summed E-state index contributed by atoms with van der Waals surface area (Å²) < 4.78 is 68.0. The van der Waals surface area contributed by atoms with Crippen LogP contribution in [0.15, 0.2) is 0 Å². The summed E-state index contributed by atoms with van der Waals surface area (Å²) in [6.07, 6.45) is -13.0. The second kappa shape index (κ2) is 5.31. The van der Waals surface area contributed by atoms with Crippen LogP contribution in [0.2, 0.25) is 0 Å². The SMILES string of the molecule is O=C(CC(=O)C(F)(F)F)C(F)(F)F.[Ca]. The van der Waals surface area contributed by atoms with Gasteiger partial charge in [-0.15, -0.1) is 0 Å². The number of hydrogen-bond donors (Lipinski definition) is 0. The van der Waals surface area contributed by atoms with E-state index < -0.39 is 30.3 Å². The number of alkyl halides is 6. The second-order valence-corrected chi connectivity index (χ2v) is 2.02. The molecule has 0 fully saturated rings. The first kappa shape index (κ1) is 16.6. The Morgan fingerprint density at radius 2 is 1.00 bits per heavy atom. The van der Waals surface area contributed by atoms with E-state index in [1.165, 1.54) is 0 Å². The molecule has 14 heavy (non-hydrogen) atoms. The van der Waals surface area contributed by atoms with Gasteiger partial charge < -0.3 is 0 Å². The maximum absolute atomic E-state index is 11.3. The quantitative estimate of drug-likeness (QED) is 0.419. The van der Waals surface area contributed by atoms with E-state index in [1.807, 2.05) is 0 Å². The Kier molecular flexibility index (Phi) is 6.30. The van der Waals surface area contributed by atoms with Gasteiger partial charge in [0.25, 0.3) is 0 Å². The first-order chi connectivity index (χ1) is 5.55. The molecule has 78 valence electrons. The number of hydrogen-bond acceptors (Lipinski definition) is 2. The van der Waals surface area contributed by atoms with E-state index >= 15 is 0 Å². The average molecular weight is 248 g/mol. The standard InChI is InChI=1S/C5H2F6O2.Ca/c6-4(7,8)2(12)1-3(13)5(9,10)11;/h1H2;. The molecule has 0 saturated carbocycles. The summed E-state index contributed by atoms with van der Waals surface area (Å²) >= 11 is 0. The number of ketones is 2. The molecule has 0 aromatic rings. The zero-order chi connectivity index (χ0) is 10.9. The summed E-state index contributed by atoms with van der Waals surface area (Å²) in [7, 11) is 0. The molecule has 0 bridgehead atoms. The maximum atomic E-state index is 11.3. The molecule has 0 aliphatic rings. The summed E-state index contributed by atoms with van der Waals surface area (Å²) in [4.78, 5) is 19.8. The number of carbonyl (C=O) groups is 2. The Balaban J connectivity index is 0. The molecule has 0 spiro atoms. The smallest absolute Gasteiger partial charge is 0.289 e. The normalized spacial score (nSPS) is 11.9. The van der Waals surface area contributed by atoms with Crippen molar-refractivity contribution >= 4 is 49.3 Å².